The monoisotopic (exact) mass is 331 g/mol. The van der Waals surface area contributed by atoms with Crippen LogP contribution < -0.4 is 5.32 Å². The maximum atomic E-state index is 13.0. The minimum absolute atomic E-state index is 0.00592. The zero-order valence-electron chi connectivity index (χ0n) is 15.0. The van der Waals surface area contributed by atoms with Crippen LogP contribution in [-0.2, 0) is 9.59 Å². The molecule has 5 heteroatoms. The molecule has 2 amide bonds. The van der Waals surface area contributed by atoms with E-state index >= 15 is 0 Å². The molecule has 132 valence electrons. The van der Waals surface area contributed by atoms with Gasteiger partial charge < -0.3 is 15.1 Å². The Labute approximate surface area is 145 Å². The highest BCUT2D eigenvalue weighted by Crippen LogP contribution is 2.19. The molecule has 0 spiro atoms. The van der Waals surface area contributed by atoms with Crippen molar-refractivity contribution < 1.29 is 9.59 Å². The molecule has 0 aromatic heterocycles. The van der Waals surface area contributed by atoms with Crippen LogP contribution in [0.25, 0.3) is 0 Å². The molecule has 1 aliphatic heterocycles. The van der Waals surface area contributed by atoms with E-state index in [2.05, 4.69) is 17.3 Å². The van der Waals surface area contributed by atoms with Gasteiger partial charge in [0.05, 0.1) is 0 Å². The highest BCUT2D eigenvalue weighted by molar-refractivity contribution is 5.89. The summed E-state index contributed by atoms with van der Waals surface area (Å²) in [6.07, 6.45) is 1.57. The summed E-state index contributed by atoms with van der Waals surface area (Å²) in [4.78, 5) is 29.6. The molecular weight excluding hydrogens is 302 g/mol. The second-order valence-corrected chi connectivity index (χ2v) is 6.49. The molecule has 1 aromatic rings. The number of piperazine rings is 1. The lowest BCUT2D eigenvalue weighted by Gasteiger charge is -2.35. The van der Waals surface area contributed by atoms with Gasteiger partial charge in [0.15, 0.2) is 0 Å². The summed E-state index contributed by atoms with van der Waals surface area (Å²) in [5, 5.41) is 3.00. The highest BCUT2D eigenvalue weighted by Gasteiger charge is 2.30. The maximum absolute atomic E-state index is 13.0. The summed E-state index contributed by atoms with van der Waals surface area (Å²) < 4.78 is 0. The van der Waals surface area contributed by atoms with Crippen molar-refractivity contribution in [1.82, 2.24) is 15.1 Å². The summed E-state index contributed by atoms with van der Waals surface area (Å²) >= 11 is 0. The number of hydrogen-bond donors (Lipinski definition) is 1. The first-order valence-corrected chi connectivity index (χ1v) is 8.89. The van der Waals surface area contributed by atoms with Gasteiger partial charge in [0.1, 0.15) is 6.04 Å². The number of nitrogens with one attached hydrogen (secondary N) is 1. The van der Waals surface area contributed by atoms with Crippen LogP contribution in [-0.4, -0.2) is 54.8 Å². The van der Waals surface area contributed by atoms with Crippen molar-refractivity contribution in [2.24, 2.45) is 5.92 Å². The molecule has 1 N–H and O–H groups in total. The third kappa shape index (κ3) is 4.57. The van der Waals surface area contributed by atoms with Crippen molar-refractivity contribution in [2.75, 3.05) is 33.2 Å². The van der Waals surface area contributed by atoms with E-state index in [0.29, 0.717) is 13.1 Å². The van der Waals surface area contributed by atoms with Crippen molar-refractivity contribution in [3.8, 4) is 0 Å². The summed E-state index contributed by atoms with van der Waals surface area (Å²) in [6, 6.07) is 8.95. The number of carbonyl (C=O) groups is 2. The molecule has 0 aliphatic carbocycles. The SMILES string of the molecule is CCC(CC)C(=O)N[C@H](C(=O)N1CCN(C)CC1)c1ccccc1. The Hall–Kier alpha value is -1.88. The van der Waals surface area contributed by atoms with Crippen LogP contribution in [0.5, 0.6) is 0 Å². The number of hydrogen-bond acceptors (Lipinski definition) is 3. The zero-order valence-corrected chi connectivity index (χ0v) is 15.0. The maximum Gasteiger partial charge on any atom is 0.249 e. The molecular formula is C19H29N3O2. The summed E-state index contributed by atoms with van der Waals surface area (Å²) in [6.45, 7) is 7.17. The summed E-state index contributed by atoms with van der Waals surface area (Å²) in [7, 11) is 2.06. The lowest BCUT2D eigenvalue weighted by molar-refractivity contribution is -0.139. The van der Waals surface area contributed by atoms with Crippen molar-refractivity contribution >= 4 is 11.8 Å². The minimum Gasteiger partial charge on any atom is -0.340 e. The molecule has 0 unspecified atom stereocenters. The lowest BCUT2D eigenvalue weighted by Crippen LogP contribution is -2.51. The van der Waals surface area contributed by atoms with Gasteiger partial charge in [-0.1, -0.05) is 44.2 Å². The van der Waals surface area contributed by atoms with Crippen LogP contribution in [0.1, 0.15) is 38.3 Å². The first kappa shape index (κ1) is 18.5. The molecule has 1 saturated heterocycles. The van der Waals surface area contributed by atoms with Gasteiger partial charge in [0.2, 0.25) is 11.8 Å². The Balaban J connectivity index is 2.17. The molecule has 1 atom stereocenters. The third-order valence-corrected chi connectivity index (χ3v) is 4.84. The molecule has 0 saturated carbocycles. The van der Waals surface area contributed by atoms with Crippen molar-refractivity contribution in [2.45, 2.75) is 32.7 Å². The number of benzene rings is 1. The van der Waals surface area contributed by atoms with E-state index in [1.165, 1.54) is 0 Å². The Morgan fingerprint density at radius 2 is 1.62 bits per heavy atom. The number of likely N-dealkylation sites (N-methyl/N-ethyl adjacent to an activating group) is 1. The number of amides is 2. The minimum atomic E-state index is -0.595. The van der Waals surface area contributed by atoms with E-state index in [-0.39, 0.29) is 17.7 Å². The van der Waals surface area contributed by atoms with Gasteiger partial charge in [-0.3, -0.25) is 9.59 Å². The highest BCUT2D eigenvalue weighted by atomic mass is 16.2. The van der Waals surface area contributed by atoms with Crippen LogP contribution in [0.4, 0.5) is 0 Å². The van der Waals surface area contributed by atoms with Crippen LogP contribution in [0, 0.1) is 5.92 Å². The Morgan fingerprint density at radius 3 is 2.17 bits per heavy atom. The predicted molar refractivity (Wildman–Crippen MR) is 95.5 cm³/mol. The molecule has 2 rings (SSSR count). The summed E-state index contributed by atoms with van der Waals surface area (Å²) in [5.74, 6) is -0.0820. The normalized spacial score (nSPS) is 16.9. The topological polar surface area (TPSA) is 52.7 Å². The summed E-state index contributed by atoms with van der Waals surface area (Å²) in [5.41, 5.74) is 0.848. The predicted octanol–water partition coefficient (Wildman–Crippen LogP) is 2.05. The number of nitrogens with zero attached hydrogens (tertiary/aromatic N) is 2. The van der Waals surface area contributed by atoms with Gasteiger partial charge in [-0.05, 0) is 25.5 Å². The lowest BCUT2D eigenvalue weighted by atomic mass is 10.00. The Kier molecular flexibility index (Phi) is 6.79. The molecule has 5 nitrogen and oxygen atoms in total. The average Bonchev–Trinajstić information content (AvgIpc) is 2.61. The van der Waals surface area contributed by atoms with Crippen LogP contribution in [0.15, 0.2) is 30.3 Å². The quantitative estimate of drug-likeness (QED) is 0.868. The molecule has 1 fully saturated rings. The molecule has 1 aromatic carbocycles. The third-order valence-electron chi connectivity index (χ3n) is 4.84. The molecule has 1 aliphatic rings. The number of carbonyl (C=O) groups excluding carboxylic acids is 2. The fourth-order valence-electron chi connectivity index (χ4n) is 3.06. The fraction of sp³-hybridized carbons (Fsp3) is 0.579. The molecule has 0 radical (unpaired) electrons. The Bertz CT molecular complexity index is 535. The van der Waals surface area contributed by atoms with Gasteiger partial charge in [-0.2, -0.15) is 0 Å². The van der Waals surface area contributed by atoms with Crippen LogP contribution >= 0.6 is 0 Å². The van der Waals surface area contributed by atoms with Gasteiger partial charge in [0, 0.05) is 32.1 Å². The fourth-order valence-corrected chi connectivity index (χ4v) is 3.06. The van der Waals surface area contributed by atoms with Gasteiger partial charge in [-0.15, -0.1) is 0 Å². The van der Waals surface area contributed by atoms with Crippen molar-refractivity contribution in [3.63, 3.8) is 0 Å². The second-order valence-electron chi connectivity index (χ2n) is 6.49. The van der Waals surface area contributed by atoms with E-state index in [1.807, 2.05) is 49.1 Å². The number of rotatable bonds is 6. The van der Waals surface area contributed by atoms with E-state index in [4.69, 9.17) is 0 Å². The van der Waals surface area contributed by atoms with Gasteiger partial charge in [-0.25, -0.2) is 0 Å². The molecule has 1 heterocycles. The van der Waals surface area contributed by atoms with E-state index in [0.717, 1.165) is 31.5 Å². The average molecular weight is 331 g/mol. The van der Waals surface area contributed by atoms with Gasteiger partial charge >= 0.3 is 0 Å². The van der Waals surface area contributed by atoms with Crippen molar-refractivity contribution in [3.05, 3.63) is 35.9 Å². The first-order valence-electron chi connectivity index (χ1n) is 8.89. The largest absolute Gasteiger partial charge is 0.340 e. The van der Waals surface area contributed by atoms with E-state index < -0.39 is 6.04 Å². The van der Waals surface area contributed by atoms with E-state index in [9.17, 15) is 9.59 Å². The molecule has 0 bridgehead atoms. The van der Waals surface area contributed by atoms with E-state index in [1.54, 1.807) is 0 Å². The molecule has 24 heavy (non-hydrogen) atoms. The van der Waals surface area contributed by atoms with Crippen molar-refractivity contribution in [1.29, 1.82) is 0 Å². The first-order chi connectivity index (χ1) is 11.6. The van der Waals surface area contributed by atoms with Gasteiger partial charge in [0.25, 0.3) is 0 Å². The smallest absolute Gasteiger partial charge is 0.249 e. The van der Waals surface area contributed by atoms with Crippen LogP contribution in [0.3, 0.4) is 0 Å². The zero-order chi connectivity index (χ0) is 17.5. The standard InChI is InChI=1S/C19H29N3O2/c1-4-15(5-2)18(23)20-17(16-9-7-6-8-10-16)19(24)22-13-11-21(3)12-14-22/h6-10,15,17H,4-5,11-14H2,1-3H3,(H,20,23)/t17-/m0/s1. The Morgan fingerprint density at radius 1 is 1.04 bits per heavy atom. The second kappa shape index (κ2) is 8.83. The van der Waals surface area contributed by atoms with Crippen LogP contribution in [0.2, 0.25) is 0 Å².